The Labute approximate surface area is 272 Å². The monoisotopic (exact) mass is 656 g/mol. The molecular formula is C33H30F2N8O5. The summed E-state index contributed by atoms with van der Waals surface area (Å²) < 4.78 is 44.6. The first kappa shape index (κ1) is 30.8. The van der Waals surface area contributed by atoms with Crippen LogP contribution in [0, 0.1) is 11.6 Å². The van der Waals surface area contributed by atoms with Gasteiger partial charge in [-0.05, 0) is 67.1 Å². The third kappa shape index (κ3) is 6.94. The molecule has 0 radical (unpaired) electrons. The van der Waals surface area contributed by atoms with E-state index in [2.05, 4.69) is 40.9 Å². The lowest BCUT2D eigenvalue weighted by molar-refractivity contribution is 0.0921. The second-order valence-corrected chi connectivity index (χ2v) is 11.5. The molecule has 1 aliphatic heterocycles. The van der Waals surface area contributed by atoms with Gasteiger partial charge in [-0.3, -0.25) is 9.78 Å². The van der Waals surface area contributed by atoms with Crippen LogP contribution in [-0.2, 0) is 17.9 Å². The van der Waals surface area contributed by atoms with Gasteiger partial charge in [-0.1, -0.05) is 6.07 Å². The maximum Gasteiger partial charge on any atom is 0.407 e. The molecule has 5 aromatic rings. The Morgan fingerprint density at radius 3 is 2.77 bits per heavy atom. The molecule has 2 amide bonds. The molecule has 1 aliphatic carbocycles. The van der Waals surface area contributed by atoms with Crippen LogP contribution in [0.4, 0.5) is 19.4 Å². The van der Waals surface area contributed by atoms with Crippen LogP contribution in [0.5, 0.6) is 11.5 Å². The summed E-state index contributed by atoms with van der Waals surface area (Å²) in [7, 11) is 0. The fourth-order valence-corrected chi connectivity index (χ4v) is 5.78. The molecule has 0 unspecified atom stereocenters. The zero-order valence-electron chi connectivity index (χ0n) is 25.5. The predicted octanol–water partition coefficient (Wildman–Crippen LogP) is 5.00. The van der Waals surface area contributed by atoms with Crippen molar-refractivity contribution in [3.05, 3.63) is 89.6 Å². The number of nitrogens with one attached hydrogen (secondary N) is 4. The molecule has 0 spiro atoms. The number of H-pyrrole nitrogens is 1. The highest BCUT2D eigenvalue weighted by molar-refractivity contribution is 5.93. The first-order chi connectivity index (χ1) is 23.4. The van der Waals surface area contributed by atoms with Gasteiger partial charge in [-0.2, -0.15) is 0 Å². The van der Waals surface area contributed by atoms with Gasteiger partial charge >= 0.3 is 6.09 Å². The van der Waals surface area contributed by atoms with Crippen LogP contribution < -0.4 is 25.4 Å². The number of pyridine rings is 2. The smallest absolute Gasteiger partial charge is 0.407 e. The zero-order chi connectivity index (χ0) is 33.0. The SMILES string of the molecule is O=C(NCc1ccc2c(c1)OCO2)OCc1ccnc(C(=O)N[C@H]2CCC[C@@H](Nc3nc(-c4c[nH]c5ncc(F)cc45)ncc3F)C2)c1. The number of hydrogen-bond acceptors (Lipinski definition) is 10. The molecule has 13 nitrogen and oxygen atoms in total. The average molecular weight is 657 g/mol. The summed E-state index contributed by atoms with van der Waals surface area (Å²) in [4.78, 5) is 45.1. The highest BCUT2D eigenvalue weighted by atomic mass is 19.1. The van der Waals surface area contributed by atoms with Crippen molar-refractivity contribution in [2.24, 2.45) is 0 Å². The van der Waals surface area contributed by atoms with E-state index < -0.39 is 17.7 Å². The summed E-state index contributed by atoms with van der Waals surface area (Å²) in [5.41, 5.74) is 2.57. The van der Waals surface area contributed by atoms with Crippen molar-refractivity contribution in [3.63, 3.8) is 0 Å². The molecule has 0 saturated heterocycles. The van der Waals surface area contributed by atoms with Crippen molar-refractivity contribution in [2.45, 2.75) is 50.9 Å². The fraction of sp³-hybridized carbons (Fsp3) is 0.273. The number of carbonyl (C=O) groups is 2. The molecule has 1 saturated carbocycles. The Balaban J connectivity index is 0.921. The first-order valence-corrected chi connectivity index (χ1v) is 15.3. The number of hydrogen-bond donors (Lipinski definition) is 4. The third-order valence-corrected chi connectivity index (χ3v) is 8.13. The molecule has 4 N–H and O–H groups in total. The lowest BCUT2D eigenvalue weighted by Crippen LogP contribution is -2.42. The Morgan fingerprint density at radius 1 is 0.979 bits per heavy atom. The van der Waals surface area contributed by atoms with Crippen molar-refractivity contribution in [1.82, 2.24) is 35.6 Å². The van der Waals surface area contributed by atoms with Gasteiger partial charge in [0.25, 0.3) is 5.91 Å². The van der Waals surface area contributed by atoms with Gasteiger partial charge in [0.15, 0.2) is 29.0 Å². The van der Waals surface area contributed by atoms with Gasteiger partial charge in [-0.25, -0.2) is 28.5 Å². The Morgan fingerprint density at radius 2 is 1.85 bits per heavy atom. The van der Waals surface area contributed by atoms with Crippen molar-refractivity contribution >= 4 is 28.9 Å². The summed E-state index contributed by atoms with van der Waals surface area (Å²) >= 11 is 0. The molecule has 15 heteroatoms. The number of rotatable bonds is 9. The highest BCUT2D eigenvalue weighted by Gasteiger charge is 2.26. The Hall–Kier alpha value is -5.86. The van der Waals surface area contributed by atoms with Crippen LogP contribution in [0.3, 0.4) is 0 Å². The number of ether oxygens (including phenoxy) is 3. The van der Waals surface area contributed by atoms with Crippen LogP contribution >= 0.6 is 0 Å². The molecule has 5 heterocycles. The van der Waals surface area contributed by atoms with Crippen molar-refractivity contribution in [1.29, 1.82) is 0 Å². The molecule has 1 fully saturated rings. The normalized spacial score (nSPS) is 16.8. The number of halogens is 2. The predicted molar refractivity (Wildman–Crippen MR) is 168 cm³/mol. The summed E-state index contributed by atoms with van der Waals surface area (Å²) in [6.45, 7) is 0.356. The van der Waals surface area contributed by atoms with Crippen LogP contribution in [0.1, 0.15) is 47.3 Å². The van der Waals surface area contributed by atoms with Gasteiger partial charge in [0.1, 0.15) is 23.8 Å². The number of nitrogens with zero attached hydrogens (tertiary/aromatic N) is 4. The lowest BCUT2D eigenvalue weighted by atomic mass is 9.91. The van der Waals surface area contributed by atoms with E-state index in [1.807, 2.05) is 6.07 Å². The molecule has 2 aliphatic rings. The van der Waals surface area contributed by atoms with E-state index in [9.17, 15) is 18.4 Å². The van der Waals surface area contributed by atoms with Crippen LogP contribution in [0.25, 0.3) is 22.4 Å². The molecule has 48 heavy (non-hydrogen) atoms. The molecule has 7 rings (SSSR count). The van der Waals surface area contributed by atoms with Crippen molar-refractivity contribution in [2.75, 3.05) is 12.1 Å². The van der Waals surface area contributed by atoms with Gasteiger partial charge in [0.05, 0.1) is 12.4 Å². The van der Waals surface area contributed by atoms with E-state index in [0.717, 1.165) is 37.2 Å². The summed E-state index contributed by atoms with van der Waals surface area (Å²) in [5, 5.41) is 9.35. The second-order valence-electron chi connectivity index (χ2n) is 11.5. The second kappa shape index (κ2) is 13.5. The summed E-state index contributed by atoms with van der Waals surface area (Å²) in [5.74, 6) is 0.0152. The van der Waals surface area contributed by atoms with Crippen LogP contribution in [-0.4, -0.2) is 55.8 Å². The van der Waals surface area contributed by atoms with E-state index in [1.165, 1.54) is 12.3 Å². The summed E-state index contributed by atoms with van der Waals surface area (Å²) in [6.07, 6.45) is 7.45. The maximum absolute atomic E-state index is 14.8. The Kier molecular flexibility index (Phi) is 8.64. The first-order valence-electron chi connectivity index (χ1n) is 15.3. The third-order valence-electron chi connectivity index (χ3n) is 8.13. The van der Waals surface area contributed by atoms with Crippen molar-refractivity contribution in [3.8, 4) is 22.9 Å². The topological polar surface area (TPSA) is 165 Å². The average Bonchev–Trinajstić information content (AvgIpc) is 3.74. The number of carbonyl (C=O) groups excluding carboxylic acids is 2. The minimum Gasteiger partial charge on any atom is -0.454 e. The van der Waals surface area contributed by atoms with Gasteiger partial charge in [0.2, 0.25) is 6.79 Å². The molecule has 246 valence electrons. The fourth-order valence-electron chi connectivity index (χ4n) is 5.78. The number of aromatic amines is 1. The van der Waals surface area contributed by atoms with Crippen LogP contribution in [0.15, 0.2) is 61.2 Å². The van der Waals surface area contributed by atoms with E-state index >= 15 is 0 Å². The summed E-state index contributed by atoms with van der Waals surface area (Å²) in [6, 6.07) is 9.58. The molecule has 2 atom stereocenters. The minimum atomic E-state index is -0.626. The molecular weight excluding hydrogens is 626 g/mol. The van der Waals surface area contributed by atoms with E-state index in [-0.39, 0.29) is 55.3 Å². The van der Waals surface area contributed by atoms with Gasteiger partial charge < -0.3 is 35.1 Å². The largest absolute Gasteiger partial charge is 0.454 e. The lowest BCUT2D eigenvalue weighted by Gasteiger charge is -2.30. The number of fused-ring (bicyclic) bond motifs is 2. The van der Waals surface area contributed by atoms with E-state index in [0.29, 0.717) is 40.1 Å². The number of anilines is 1. The van der Waals surface area contributed by atoms with Crippen LogP contribution in [0.2, 0.25) is 0 Å². The van der Waals surface area contributed by atoms with Gasteiger partial charge in [-0.15, -0.1) is 0 Å². The Bertz CT molecular complexity index is 1990. The van der Waals surface area contributed by atoms with Crippen molar-refractivity contribution < 1.29 is 32.6 Å². The quantitative estimate of drug-likeness (QED) is 0.170. The number of alkyl carbamates (subject to hydrolysis) is 1. The van der Waals surface area contributed by atoms with Gasteiger partial charge in [0, 0.05) is 42.0 Å². The van der Waals surface area contributed by atoms with E-state index in [1.54, 1.807) is 30.5 Å². The number of amides is 2. The highest BCUT2D eigenvalue weighted by Crippen LogP contribution is 2.32. The molecule has 0 bridgehead atoms. The zero-order valence-corrected chi connectivity index (χ0v) is 25.5. The molecule has 1 aromatic carbocycles. The number of benzene rings is 1. The standard InChI is InChI=1S/C33H30F2N8O5/c34-20-10-23-24(14-38-29(23)37-13-20)30-39-15-25(35)31(43-30)41-21-2-1-3-22(11-21)42-32(44)26-8-19(6-7-36-26)16-46-33(45)40-12-18-4-5-27-28(9-18)48-17-47-27/h4-10,13-15,21-22H,1-3,11-12,16-17H2,(H,37,38)(H,40,45)(H,42,44)(H,39,41,43)/t21-,22+/m1/s1. The maximum atomic E-state index is 14.8. The minimum absolute atomic E-state index is 0.0185. The number of aromatic nitrogens is 5. The molecule has 4 aromatic heterocycles. The van der Waals surface area contributed by atoms with E-state index in [4.69, 9.17) is 14.2 Å².